The second kappa shape index (κ2) is 17.9. The molecule has 0 spiro atoms. The van der Waals surface area contributed by atoms with Crippen molar-refractivity contribution in [1.29, 1.82) is 0 Å². The van der Waals surface area contributed by atoms with E-state index in [4.69, 9.17) is 0 Å². The second-order valence-corrected chi connectivity index (χ2v) is 5.20. The Morgan fingerprint density at radius 2 is 0.857 bits per heavy atom. The molecule has 0 aromatic heterocycles. The Labute approximate surface area is 151 Å². The molecule has 2 amide bonds. The van der Waals surface area contributed by atoms with Crippen LogP contribution in [0.1, 0.15) is 53.4 Å². The summed E-state index contributed by atoms with van der Waals surface area (Å²) in [5.41, 5.74) is 0. The smallest absolute Gasteiger partial charge is 0.719 e. The fraction of sp³-hybridized carbons (Fsp3) is 0.857. The van der Waals surface area contributed by atoms with Gasteiger partial charge in [0.15, 0.2) is 0 Å². The Morgan fingerprint density at radius 1 is 0.667 bits per heavy atom. The second-order valence-electron chi connectivity index (χ2n) is 4.51. The zero-order chi connectivity index (χ0) is 16.0. The first-order valence-electron chi connectivity index (χ1n) is 7.36. The van der Waals surface area contributed by atoms with Gasteiger partial charge in [0, 0.05) is 26.2 Å². The van der Waals surface area contributed by atoms with E-state index in [0.29, 0.717) is 0 Å². The predicted molar refractivity (Wildman–Crippen MR) is 89.8 cm³/mol. The van der Waals surface area contributed by atoms with Crippen LogP contribution in [-0.4, -0.2) is 46.5 Å². The SMILES string of the molecule is CCCN(CCC)C(=O)[S-].CCCN(CCC)C(=O)[S-].[Ni+2]. The minimum absolute atomic E-state index is 0. The van der Waals surface area contributed by atoms with Crippen molar-refractivity contribution in [2.75, 3.05) is 26.2 Å². The van der Waals surface area contributed by atoms with Crippen molar-refractivity contribution >= 4 is 35.7 Å². The quantitative estimate of drug-likeness (QED) is 0.478. The number of hydrogen-bond acceptors (Lipinski definition) is 4. The Balaban J connectivity index is -0.000000295. The maximum Gasteiger partial charge on any atom is 2.00 e. The van der Waals surface area contributed by atoms with Crippen LogP contribution in [0, 0.1) is 0 Å². The van der Waals surface area contributed by atoms with Gasteiger partial charge >= 0.3 is 16.5 Å². The van der Waals surface area contributed by atoms with Gasteiger partial charge in [0.05, 0.1) is 0 Å². The topological polar surface area (TPSA) is 40.6 Å². The molecule has 0 bridgehead atoms. The maximum atomic E-state index is 10.7. The van der Waals surface area contributed by atoms with E-state index in [-0.39, 0.29) is 27.0 Å². The number of amides is 2. The van der Waals surface area contributed by atoms with Gasteiger partial charge in [-0.25, -0.2) is 0 Å². The average Bonchev–Trinajstić information content (AvgIpc) is 2.38. The van der Waals surface area contributed by atoms with Gasteiger partial charge in [0.2, 0.25) is 0 Å². The molecule has 0 saturated carbocycles. The van der Waals surface area contributed by atoms with E-state index >= 15 is 0 Å². The van der Waals surface area contributed by atoms with Gasteiger partial charge in [-0.3, -0.25) is 0 Å². The number of hydrogen-bond donors (Lipinski definition) is 0. The summed E-state index contributed by atoms with van der Waals surface area (Å²) in [7, 11) is 0. The molecule has 0 unspecified atom stereocenters. The summed E-state index contributed by atoms with van der Waals surface area (Å²) in [5, 5.41) is -0.438. The van der Waals surface area contributed by atoms with Crippen molar-refractivity contribution in [3.63, 3.8) is 0 Å². The molecule has 128 valence electrons. The number of carbonyl (C=O) groups is 2. The third-order valence-electron chi connectivity index (χ3n) is 2.49. The molecule has 0 aliphatic heterocycles. The average molecular weight is 379 g/mol. The first-order chi connectivity index (χ1) is 9.44. The van der Waals surface area contributed by atoms with Crippen LogP contribution in [0.4, 0.5) is 9.59 Å². The summed E-state index contributed by atoms with van der Waals surface area (Å²) in [4.78, 5) is 24.7. The van der Waals surface area contributed by atoms with Crippen molar-refractivity contribution in [2.24, 2.45) is 0 Å². The van der Waals surface area contributed by atoms with Crippen LogP contribution in [0.15, 0.2) is 0 Å². The van der Waals surface area contributed by atoms with Gasteiger partial charge in [-0.15, -0.1) is 0 Å². The van der Waals surface area contributed by atoms with E-state index in [1.54, 1.807) is 9.80 Å². The fourth-order valence-electron chi connectivity index (χ4n) is 1.67. The zero-order valence-corrected chi connectivity index (χ0v) is 16.1. The molecule has 0 N–H and O–H groups in total. The molecule has 0 radical (unpaired) electrons. The van der Waals surface area contributed by atoms with Crippen LogP contribution in [-0.2, 0) is 41.7 Å². The van der Waals surface area contributed by atoms with Crippen LogP contribution >= 0.6 is 0 Å². The maximum absolute atomic E-state index is 10.7. The molecule has 7 heteroatoms. The summed E-state index contributed by atoms with van der Waals surface area (Å²) in [6.07, 6.45) is 3.95. The van der Waals surface area contributed by atoms with E-state index in [9.17, 15) is 9.59 Å². The Hall–Kier alpha value is -0.126. The number of rotatable bonds is 8. The normalized spacial score (nSPS) is 8.95. The van der Waals surface area contributed by atoms with Crippen molar-refractivity contribution in [3.8, 4) is 0 Å². The van der Waals surface area contributed by atoms with Crippen molar-refractivity contribution in [3.05, 3.63) is 0 Å². The molecule has 4 nitrogen and oxygen atoms in total. The number of carbonyl (C=O) groups excluding carboxylic acids is 2. The van der Waals surface area contributed by atoms with E-state index < -0.39 is 0 Å². The van der Waals surface area contributed by atoms with Crippen molar-refractivity contribution in [2.45, 2.75) is 53.4 Å². The Bertz CT molecular complexity index is 231. The van der Waals surface area contributed by atoms with E-state index in [2.05, 4.69) is 25.3 Å². The molecule has 0 fully saturated rings. The molecule has 0 rings (SSSR count). The first kappa shape index (κ1) is 25.8. The molecule has 0 aromatic rings. The zero-order valence-electron chi connectivity index (χ0n) is 13.5. The van der Waals surface area contributed by atoms with Crippen LogP contribution in [0.5, 0.6) is 0 Å². The third-order valence-corrected chi connectivity index (χ3v) is 3.01. The van der Waals surface area contributed by atoms with Gasteiger partial charge in [0.1, 0.15) is 10.5 Å². The van der Waals surface area contributed by atoms with E-state index in [1.165, 1.54) is 0 Å². The van der Waals surface area contributed by atoms with Gasteiger partial charge < -0.3 is 44.6 Å². The minimum Gasteiger partial charge on any atom is -0.719 e. The standard InChI is InChI=1S/2C7H15NOS.Ni/c2*1-3-5-8(6-4-2)7(9)10;/h2*3-6H2,1-2H3,(H,9,10);/q;;+2/p-2. The van der Waals surface area contributed by atoms with Crippen LogP contribution in [0.25, 0.3) is 0 Å². The Morgan fingerprint density at radius 3 is 0.952 bits per heavy atom. The molecular weight excluding hydrogens is 351 g/mol. The molecular formula is C14H28N2NiO2S2. The van der Waals surface area contributed by atoms with Crippen LogP contribution in [0.2, 0.25) is 0 Å². The third kappa shape index (κ3) is 16.1. The Kier molecular flexibility index (Phi) is 22.0. The van der Waals surface area contributed by atoms with Gasteiger partial charge in [0.25, 0.3) is 0 Å². The van der Waals surface area contributed by atoms with Gasteiger partial charge in [-0.05, 0) is 25.7 Å². The molecule has 0 aliphatic carbocycles. The first-order valence-corrected chi connectivity index (χ1v) is 8.17. The predicted octanol–water partition coefficient (Wildman–Crippen LogP) is 3.55. The number of nitrogens with zero attached hydrogens (tertiary/aromatic N) is 2. The van der Waals surface area contributed by atoms with E-state index in [1.807, 2.05) is 27.7 Å². The van der Waals surface area contributed by atoms with Crippen LogP contribution < -0.4 is 0 Å². The summed E-state index contributed by atoms with van der Waals surface area (Å²) >= 11 is 9.04. The van der Waals surface area contributed by atoms with Crippen LogP contribution in [0.3, 0.4) is 0 Å². The minimum atomic E-state index is -0.219. The summed E-state index contributed by atoms with van der Waals surface area (Å²) in [5.74, 6) is 0. The molecule has 0 heterocycles. The van der Waals surface area contributed by atoms with Crippen molar-refractivity contribution < 1.29 is 26.1 Å². The molecule has 21 heavy (non-hydrogen) atoms. The monoisotopic (exact) mass is 378 g/mol. The molecule has 0 aliphatic rings. The summed E-state index contributed by atoms with van der Waals surface area (Å²) in [6, 6.07) is 0. The molecule has 0 aromatic carbocycles. The van der Waals surface area contributed by atoms with Gasteiger partial charge in [-0.2, -0.15) is 0 Å². The van der Waals surface area contributed by atoms with E-state index in [0.717, 1.165) is 51.9 Å². The molecule has 0 saturated heterocycles. The molecule has 0 atom stereocenters. The van der Waals surface area contributed by atoms with Gasteiger partial charge in [-0.1, -0.05) is 27.7 Å². The largest absolute Gasteiger partial charge is 2.00 e. The van der Waals surface area contributed by atoms with Crippen molar-refractivity contribution in [1.82, 2.24) is 9.80 Å². The fourth-order valence-corrected chi connectivity index (χ4v) is 2.03. The summed E-state index contributed by atoms with van der Waals surface area (Å²) in [6.45, 7) is 11.4. The summed E-state index contributed by atoms with van der Waals surface area (Å²) < 4.78 is 0.